The van der Waals surface area contributed by atoms with Crippen LogP contribution in [0.1, 0.15) is 20.3 Å². The molecular formula is C10H16F2N2O. The molecule has 2 amide bonds. The average molecular weight is 218 g/mol. The lowest BCUT2D eigenvalue weighted by atomic mass is 10.3. The number of halogens is 2. The van der Waals surface area contributed by atoms with Gasteiger partial charge in [0.15, 0.2) is 0 Å². The Bertz CT molecular complexity index is 269. The lowest BCUT2D eigenvalue weighted by molar-refractivity contribution is 0.0593. The first kappa shape index (κ1) is 10.6. The zero-order valence-electron chi connectivity index (χ0n) is 8.96. The largest absolute Gasteiger partial charge is 0.336 e. The van der Waals surface area contributed by atoms with Gasteiger partial charge in [-0.1, -0.05) is 6.92 Å². The molecule has 1 aliphatic heterocycles. The number of amides is 2. The molecule has 2 aliphatic rings. The topological polar surface area (TPSA) is 32.3 Å². The number of urea groups is 1. The van der Waals surface area contributed by atoms with Gasteiger partial charge in [-0.3, -0.25) is 0 Å². The van der Waals surface area contributed by atoms with Crippen molar-refractivity contribution in [2.45, 2.75) is 32.2 Å². The Morgan fingerprint density at radius 1 is 1.53 bits per heavy atom. The Morgan fingerprint density at radius 2 is 2.07 bits per heavy atom. The molecule has 0 spiro atoms. The summed E-state index contributed by atoms with van der Waals surface area (Å²) in [6.45, 7) is 4.30. The lowest BCUT2D eigenvalue weighted by Gasteiger charge is -2.22. The molecule has 3 atom stereocenters. The van der Waals surface area contributed by atoms with Gasteiger partial charge in [-0.2, -0.15) is 0 Å². The van der Waals surface area contributed by atoms with Gasteiger partial charge < -0.3 is 10.2 Å². The Hall–Kier alpha value is -0.870. The summed E-state index contributed by atoms with van der Waals surface area (Å²) < 4.78 is 25.7. The first-order valence-electron chi connectivity index (χ1n) is 5.40. The summed E-state index contributed by atoms with van der Waals surface area (Å²) in [5, 5.41) is 2.78. The fraction of sp³-hybridized carbons (Fsp3) is 0.900. The van der Waals surface area contributed by atoms with Crippen LogP contribution < -0.4 is 5.32 Å². The molecule has 1 N–H and O–H groups in total. The summed E-state index contributed by atoms with van der Waals surface area (Å²) >= 11 is 0. The molecule has 3 nitrogen and oxygen atoms in total. The van der Waals surface area contributed by atoms with Crippen molar-refractivity contribution in [3.8, 4) is 0 Å². The fourth-order valence-corrected chi connectivity index (χ4v) is 2.08. The number of hydrogen-bond acceptors (Lipinski definition) is 1. The summed E-state index contributed by atoms with van der Waals surface area (Å²) in [5.74, 6) is -3.67. The van der Waals surface area contributed by atoms with Crippen LogP contribution in [0, 0.1) is 11.8 Å². The molecule has 5 heteroatoms. The number of likely N-dealkylation sites (tertiary alicyclic amines) is 1. The van der Waals surface area contributed by atoms with Crippen molar-refractivity contribution in [3.05, 3.63) is 0 Å². The SMILES string of the molecule is CC[C@@H](C)NC(=O)N1CC2C(C1)C2(F)F. The van der Waals surface area contributed by atoms with E-state index in [1.165, 1.54) is 4.90 Å². The van der Waals surface area contributed by atoms with Crippen LogP contribution >= 0.6 is 0 Å². The van der Waals surface area contributed by atoms with Crippen LogP contribution in [0.15, 0.2) is 0 Å². The van der Waals surface area contributed by atoms with Crippen LogP contribution in [0.25, 0.3) is 0 Å². The van der Waals surface area contributed by atoms with E-state index in [-0.39, 0.29) is 25.2 Å². The second kappa shape index (κ2) is 3.32. The summed E-state index contributed by atoms with van der Waals surface area (Å²) in [7, 11) is 0. The summed E-state index contributed by atoms with van der Waals surface area (Å²) in [4.78, 5) is 13.1. The first-order chi connectivity index (χ1) is 6.96. The van der Waals surface area contributed by atoms with E-state index in [0.29, 0.717) is 0 Å². The molecule has 1 saturated carbocycles. The molecule has 2 unspecified atom stereocenters. The minimum absolute atomic E-state index is 0.106. The van der Waals surface area contributed by atoms with E-state index in [2.05, 4.69) is 5.32 Å². The monoisotopic (exact) mass is 218 g/mol. The second-order valence-corrected chi connectivity index (χ2v) is 4.55. The molecular weight excluding hydrogens is 202 g/mol. The Kier molecular flexibility index (Phi) is 2.35. The van der Waals surface area contributed by atoms with Crippen LogP contribution in [0.3, 0.4) is 0 Å². The van der Waals surface area contributed by atoms with Gasteiger partial charge in [0.1, 0.15) is 0 Å². The molecule has 1 aliphatic carbocycles. The summed E-state index contributed by atoms with van der Waals surface area (Å²) in [6.07, 6.45) is 0.850. The standard InChI is InChI=1S/C10H16F2N2O/c1-3-6(2)13-9(15)14-4-7-8(5-14)10(7,11)12/h6-8H,3-5H2,1-2H3,(H,13,15)/t6-,7?,8?/m1/s1. The summed E-state index contributed by atoms with van der Waals surface area (Å²) in [5.41, 5.74) is 0. The van der Waals surface area contributed by atoms with E-state index in [9.17, 15) is 13.6 Å². The predicted molar refractivity (Wildman–Crippen MR) is 51.8 cm³/mol. The number of fused-ring (bicyclic) bond motifs is 1. The van der Waals surface area contributed by atoms with Gasteiger partial charge in [-0.15, -0.1) is 0 Å². The van der Waals surface area contributed by atoms with E-state index in [1.807, 2.05) is 13.8 Å². The number of rotatable bonds is 2. The zero-order valence-corrected chi connectivity index (χ0v) is 8.96. The Labute approximate surface area is 87.8 Å². The second-order valence-electron chi connectivity index (χ2n) is 4.55. The van der Waals surface area contributed by atoms with Gasteiger partial charge in [0.05, 0.1) is 11.8 Å². The number of carbonyl (C=O) groups is 1. The molecule has 2 rings (SSSR count). The van der Waals surface area contributed by atoms with Gasteiger partial charge in [0.25, 0.3) is 5.92 Å². The predicted octanol–water partition coefficient (Wildman–Crippen LogP) is 1.69. The van der Waals surface area contributed by atoms with Crippen molar-refractivity contribution in [1.82, 2.24) is 10.2 Å². The number of carbonyl (C=O) groups excluding carboxylic acids is 1. The lowest BCUT2D eigenvalue weighted by Crippen LogP contribution is -2.44. The number of hydrogen-bond donors (Lipinski definition) is 1. The third kappa shape index (κ3) is 1.68. The smallest absolute Gasteiger partial charge is 0.317 e. The quantitative estimate of drug-likeness (QED) is 0.751. The van der Waals surface area contributed by atoms with Crippen molar-refractivity contribution >= 4 is 6.03 Å². The van der Waals surface area contributed by atoms with Crippen molar-refractivity contribution in [1.29, 1.82) is 0 Å². The molecule has 0 aromatic carbocycles. The van der Waals surface area contributed by atoms with Crippen molar-refractivity contribution in [2.75, 3.05) is 13.1 Å². The van der Waals surface area contributed by atoms with E-state index < -0.39 is 17.8 Å². The van der Waals surface area contributed by atoms with Gasteiger partial charge >= 0.3 is 6.03 Å². The van der Waals surface area contributed by atoms with E-state index >= 15 is 0 Å². The zero-order chi connectivity index (χ0) is 11.2. The molecule has 1 saturated heterocycles. The highest BCUT2D eigenvalue weighted by atomic mass is 19.3. The maximum absolute atomic E-state index is 12.8. The molecule has 1 heterocycles. The van der Waals surface area contributed by atoms with E-state index in [1.54, 1.807) is 0 Å². The van der Waals surface area contributed by atoms with Crippen molar-refractivity contribution in [2.24, 2.45) is 11.8 Å². The Morgan fingerprint density at radius 3 is 2.53 bits per heavy atom. The average Bonchev–Trinajstić information content (AvgIpc) is 2.59. The molecule has 15 heavy (non-hydrogen) atoms. The van der Waals surface area contributed by atoms with Crippen LogP contribution in [0.2, 0.25) is 0 Å². The Balaban J connectivity index is 1.81. The molecule has 2 fully saturated rings. The van der Waals surface area contributed by atoms with Crippen LogP contribution in [-0.4, -0.2) is 36.0 Å². The van der Waals surface area contributed by atoms with E-state index in [4.69, 9.17) is 0 Å². The normalized spacial score (nSPS) is 33.5. The third-order valence-corrected chi connectivity index (χ3v) is 3.47. The maximum Gasteiger partial charge on any atom is 0.317 e. The van der Waals surface area contributed by atoms with Gasteiger partial charge in [0.2, 0.25) is 0 Å². The molecule has 86 valence electrons. The van der Waals surface area contributed by atoms with Crippen LogP contribution in [0.4, 0.5) is 13.6 Å². The first-order valence-corrected chi connectivity index (χ1v) is 5.40. The molecule has 0 bridgehead atoms. The highest BCUT2D eigenvalue weighted by Crippen LogP contribution is 2.59. The number of piperidine rings is 1. The minimum Gasteiger partial charge on any atom is -0.336 e. The van der Waals surface area contributed by atoms with Gasteiger partial charge in [-0.05, 0) is 13.3 Å². The van der Waals surface area contributed by atoms with Crippen molar-refractivity contribution < 1.29 is 13.6 Å². The van der Waals surface area contributed by atoms with Crippen LogP contribution in [-0.2, 0) is 0 Å². The third-order valence-electron chi connectivity index (χ3n) is 3.47. The highest BCUT2D eigenvalue weighted by Gasteiger charge is 2.72. The maximum atomic E-state index is 12.8. The number of nitrogens with one attached hydrogen (secondary N) is 1. The van der Waals surface area contributed by atoms with Crippen molar-refractivity contribution in [3.63, 3.8) is 0 Å². The number of alkyl halides is 2. The molecule has 0 aromatic heterocycles. The molecule has 0 radical (unpaired) electrons. The van der Waals surface area contributed by atoms with Crippen LogP contribution in [0.5, 0.6) is 0 Å². The number of nitrogens with zero attached hydrogens (tertiary/aromatic N) is 1. The minimum atomic E-state index is -2.51. The van der Waals surface area contributed by atoms with Gasteiger partial charge in [-0.25, -0.2) is 13.6 Å². The van der Waals surface area contributed by atoms with Gasteiger partial charge in [0, 0.05) is 19.1 Å². The highest BCUT2D eigenvalue weighted by molar-refractivity contribution is 5.75. The summed E-state index contributed by atoms with van der Waals surface area (Å²) in [6, 6.07) is -0.0951. The van der Waals surface area contributed by atoms with E-state index in [0.717, 1.165) is 6.42 Å². The fourth-order valence-electron chi connectivity index (χ4n) is 2.08. The molecule has 0 aromatic rings.